The van der Waals surface area contributed by atoms with Crippen LogP contribution in [-0.4, -0.2) is 69.8 Å². The molecule has 1 fully saturated rings. The Balaban J connectivity index is -0.000000182. The van der Waals surface area contributed by atoms with Crippen LogP contribution in [0.25, 0.3) is 0 Å². The van der Waals surface area contributed by atoms with Crippen LogP contribution in [0, 0.1) is 11.8 Å². The van der Waals surface area contributed by atoms with Crippen LogP contribution in [0.3, 0.4) is 0 Å². The summed E-state index contributed by atoms with van der Waals surface area (Å²) in [6.45, 7) is 46.5. The summed E-state index contributed by atoms with van der Waals surface area (Å²) in [6, 6.07) is 0.337. The van der Waals surface area contributed by atoms with E-state index in [1.54, 1.807) is 0 Å². The molecular formula is C79H159NO9. The number of allylic oxidation sites excluding steroid dienone is 4. The quantitative estimate of drug-likeness (QED) is 0.0207. The molecule has 1 saturated carbocycles. The SMILES string of the molecule is C=C(CC)OCCCCCCCC.C=CCCC.CC.CCC(=O)OCCC(CCOC(CC)=C1CCC1)NC.CCCC.CCCCCCCCCC(=O)CC(C)CC.CCCCCCCCOC(=O)CC.CCCCCCCCOC(=O)CC(C)CC. The predicted molar refractivity (Wildman–Crippen MR) is 391 cm³/mol. The van der Waals surface area contributed by atoms with Crippen LogP contribution in [0.4, 0.5) is 0 Å². The molecule has 1 rings (SSSR count). The van der Waals surface area contributed by atoms with Crippen LogP contribution in [0.5, 0.6) is 0 Å². The van der Waals surface area contributed by atoms with Gasteiger partial charge >= 0.3 is 17.9 Å². The summed E-state index contributed by atoms with van der Waals surface area (Å²) in [5, 5.41) is 3.26. The number of esters is 3. The van der Waals surface area contributed by atoms with Gasteiger partial charge in [0.05, 0.1) is 44.6 Å². The van der Waals surface area contributed by atoms with E-state index < -0.39 is 0 Å². The first kappa shape index (κ1) is 99.4. The van der Waals surface area contributed by atoms with Crippen molar-refractivity contribution in [1.29, 1.82) is 0 Å². The minimum absolute atomic E-state index is 0.0251. The Hall–Kier alpha value is -3.14. The molecule has 0 radical (unpaired) electrons. The Morgan fingerprint density at radius 2 is 0.809 bits per heavy atom. The van der Waals surface area contributed by atoms with Crippen molar-refractivity contribution in [2.75, 3.05) is 40.1 Å². The molecule has 1 aliphatic rings. The molecule has 10 heteroatoms. The van der Waals surface area contributed by atoms with Crippen LogP contribution in [0.15, 0.2) is 36.3 Å². The number of ether oxygens (including phenoxy) is 5. The third-order valence-electron chi connectivity index (χ3n) is 15.4. The number of hydrogen-bond acceptors (Lipinski definition) is 10. The smallest absolute Gasteiger partial charge is 0.306 e. The molecule has 3 unspecified atom stereocenters. The first-order chi connectivity index (χ1) is 43.1. The van der Waals surface area contributed by atoms with E-state index in [1.165, 1.54) is 191 Å². The van der Waals surface area contributed by atoms with Crippen molar-refractivity contribution < 1.29 is 42.9 Å². The van der Waals surface area contributed by atoms with Gasteiger partial charge in [0.15, 0.2) is 0 Å². The fourth-order valence-electron chi connectivity index (χ4n) is 8.31. The minimum atomic E-state index is -0.126. The average Bonchev–Trinajstić information content (AvgIpc) is 3.19. The lowest BCUT2D eigenvalue weighted by atomic mass is 9.90. The van der Waals surface area contributed by atoms with E-state index in [-0.39, 0.29) is 17.9 Å². The van der Waals surface area contributed by atoms with Gasteiger partial charge in [-0.05, 0) is 88.7 Å². The van der Waals surface area contributed by atoms with Crippen LogP contribution in [0.2, 0.25) is 0 Å². The maximum atomic E-state index is 11.5. The molecule has 89 heavy (non-hydrogen) atoms. The summed E-state index contributed by atoms with van der Waals surface area (Å²) in [6.07, 6.45) is 51.5. The molecule has 10 nitrogen and oxygen atoms in total. The van der Waals surface area contributed by atoms with Crippen LogP contribution in [0.1, 0.15) is 394 Å². The number of Topliss-reactive ketones (excluding diaryl/α,β-unsaturated/α-hetero) is 1. The van der Waals surface area contributed by atoms with Crippen molar-refractivity contribution in [3.8, 4) is 0 Å². The highest BCUT2D eigenvalue weighted by Gasteiger charge is 2.16. The lowest BCUT2D eigenvalue weighted by Crippen LogP contribution is -2.28. The Morgan fingerprint density at radius 3 is 1.13 bits per heavy atom. The highest BCUT2D eigenvalue weighted by Crippen LogP contribution is 2.30. The first-order valence-electron chi connectivity index (χ1n) is 38.0. The normalized spacial score (nSPS) is 11.7. The number of hydrogen-bond donors (Lipinski definition) is 1. The topological polar surface area (TPSA) is 126 Å². The highest BCUT2D eigenvalue weighted by atomic mass is 16.5. The summed E-state index contributed by atoms with van der Waals surface area (Å²) in [7, 11) is 1.94. The van der Waals surface area contributed by atoms with Crippen LogP contribution >= 0.6 is 0 Å². The zero-order valence-electron chi connectivity index (χ0n) is 63.3. The van der Waals surface area contributed by atoms with E-state index in [4.69, 9.17) is 23.7 Å². The van der Waals surface area contributed by atoms with Gasteiger partial charge in [-0.25, -0.2) is 0 Å². The van der Waals surface area contributed by atoms with Gasteiger partial charge in [-0.2, -0.15) is 0 Å². The molecule has 0 saturated heterocycles. The molecule has 0 amide bonds. The maximum absolute atomic E-state index is 11.5. The summed E-state index contributed by atoms with van der Waals surface area (Å²) in [4.78, 5) is 44.7. The molecule has 1 aliphatic carbocycles. The van der Waals surface area contributed by atoms with Gasteiger partial charge in [0, 0.05) is 51.0 Å². The Bertz CT molecular complexity index is 1390. The van der Waals surface area contributed by atoms with E-state index in [2.05, 4.69) is 108 Å². The van der Waals surface area contributed by atoms with E-state index >= 15 is 0 Å². The molecule has 1 N–H and O–H groups in total. The Labute approximate surface area is 557 Å². The zero-order valence-corrected chi connectivity index (χ0v) is 63.3. The minimum Gasteiger partial charge on any atom is -0.499 e. The van der Waals surface area contributed by atoms with Crippen molar-refractivity contribution in [2.24, 2.45) is 11.8 Å². The van der Waals surface area contributed by atoms with Gasteiger partial charge in [-0.15, -0.1) is 6.58 Å². The number of nitrogens with one attached hydrogen (secondary N) is 1. The van der Waals surface area contributed by atoms with Gasteiger partial charge in [-0.1, -0.05) is 297 Å². The molecule has 0 aromatic heterocycles. The molecule has 3 atom stereocenters. The monoisotopic (exact) mass is 1270 g/mol. The summed E-state index contributed by atoms with van der Waals surface area (Å²) in [5.74, 6) is 3.41. The van der Waals surface area contributed by atoms with Gasteiger partial charge < -0.3 is 29.0 Å². The number of unbranched alkanes of at least 4 members (excludes halogenated alkanes) is 23. The van der Waals surface area contributed by atoms with Crippen molar-refractivity contribution >= 4 is 23.7 Å². The third-order valence-corrected chi connectivity index (χ3v) is 15.4. The lowest BCUT2D eigenvalue weighted by molar-refractivity contribution is -0.145. The summed E-state index contributed by atoms with van der Waals surface area (Å²) in [5.41, 5.74) is 1.50. The Morgan fingerprint density at radius 1 is 0.438 bits per heavy atom. The van der Waals surface area contributed by atoms with Crippen LogP contribution < -0.4 is 5.32 Å². The van der Waals surface area contributed by atoms with Crippen molar-refractivity contribution in [1.82, 2.24) is 5.32 Å². The largest absolute Gasteiger partial charge is 0.499 e. The lowest BCUT2D eigenvalue weighted by Gasteiger charge is -2.23. The van der Waals surface area contributed by atoms with Gasteiger partial charge in [0.2, 0.25) is 0 Å². The average molecular weight is 1270 g/mol. The summed E-state index contributed by atoms with van der Waals surface area (Å²) < 4.78 is 26.6. The molecule has 0 spiro atoms. The zero-order chi connectivity index (χ0) is 68.7. The van der Waals surface area contributed by atoms with Crippen molar-refractivity contribution in [2.45, 2.75) is 400 Å². The van der Waals surface area contributed by atoms with Crippen LogP contribution in [-0.2, 0) is 42.9 Å². The molecular weight excluding hydrogens is 1110 g/mol. The van der Waals surface area contributed by atoms with E-state index in [0.29, 0.717) is 62.7 Å². The Kier molecular flexibility index (Phi) is 99.5. The van der Waals surface area contributed by atoms with Gasteiger partial charge in [0.25, 0.3) is 0 Å². The summed E-state index contributed by atoms with van der Waals surface area (Å²) >= 11 is 0. The first-order valence-corrected chi connectivity index (χ1v) is 38.0. The second kappa shape index (κ2) is 89.1. The fraction of sp³-hybridized carbons (Fsp3) is 0.873. The second-order valence-corrected chi connectivity index (χ2v) is 24.0. The van der Waals surface area contributed by atoms with Crippen molar-refractivity contribution in [3.63, 3.8) is 0 Å². The molecule has 534 valence electrons. The molecule has 0 heterocycles. The van der Waals surface area contributed by atoms with E-state index in [1.807, 2.05) is 40.8 Å². The standard InChI is InChI=1S/C16H29NO3.C15H30O.C14H28O2.C12H24O.C11H22O2.C5H10.C4H10.C2H6/c1-4-15(13-7-6-8-13)19-11-9-14(17-3)10-12-20-16(18)5-2;1-4-6-7-8-9-10-11-12-15(16)13-14(3)5-2;1-4-6-7-8-9-10-11-16-14(15)12-13(3)5-2;1-4-6-7-8-9-10-11-13-12(3)5-2;1-3-5-6-7-8-9-10-13-11(12)4-2;1-3-5-4-2;1-3-4-2;1-2/h14,17H,4-12H2,1-3H3;14H,4-13H2,1-3H3;13H,4-12H2,1-3H3;3-11H2,1-2H3;3-10H2,1-2H3;3H,1,4-5H2,2H3;3-4H2,1-2H3;1-2H3. The van der Waals surface area contributed by atoms with E-state index in [0.717, 1.165) is 96.0 Å². The van der Waals surface area contributed by atoms with Gasteiger partial charge in [-0.3, -0.25) is 19.2 Å². The number of carbonyl (C=O) groups excluding carboxylic acids is 4. The van der Waals surface area contributed by atoms with Gasteiger partial charge in [0.1, 0.15) is 5.78 Å². The number of rotatable bonds is 51. The predicted octanol–water partition coefficient (Wildman–Crippen LogP) is 25.0. The highest BCUT2D eigenvalue weighted by molar-refractivity contribution is 5.78. The number of carbonyl (C=O) groups is 4. The molecule has 0 aromatic rings. The second-order valence-electron chi connectivity index (χ2n) is 24.0. The number of ketones is 1. The molecule has 0 aliphatic heterocycles. The third kappa shape index (κ3) is 91.4. The van der Waals surface area contributed by atoms with Crippen molar-refractivity contribution in [3.05, 3.63) is 36.3 Å². The molecule has 0 bridgehead atoms. The maximum Gasteiger partial charge on any atom is 0.306 e. The fourth-order valence-corrected chi connectivity index (χ4v) is 8.31. The van der Waals surface area contributed by atoms with E-state index in [9.17, 15) is 19.2 Å². The molecule has 0 aromatic carbocycles.